The SMILES string of the molecule is O=C(O)N[C@H](CNc1ccc2cc(C(=O)NO)sc2c1)Cc1ccccc1. The quantitative estimate of drug-likeness (QED) is 0.317. The fourth-order valence-corrected chi connectivity index (χ4v) is 3.79. The zero-order chi connectivity index (χ0) is 19.2. The number of hydroxylamine groups is 1. The minimum Gasteiger partial charge on any atom is -0.465 e. The molecule has 0 saturated heterocycles. The van der Waals surface area contributed by atoms with Crippen molar-refractivity contribution in [2.24, 2.45) is 0 Å². The van der Waals surface area contributed by atoms with Gasteiger partial charge in [-0.25, -0.2) is 10.3 Å². The Hall–Kier alpha value is -3.10. The highest BCUT2D eigenvalue weighted by atomic mass is 32.1. The van der Waals surface area contributed by atoms with Crippen molar-refractivity contribution < 1.29 is 19.9 Å². The molecular formula is C19H19N3O4S. The van der Waals surface area contributed by atoms with Gasteiger partial charge in [0.1, 0.15) is 0 Å². The van der Waals surface area contributed by atoms with Crippen LogP contribution in [0.3, 0.4) is 0 Å². The highest BCUT2D eigenvalue weighted by molar-refractivity contribution is 7.20. The van der Waals surface area contributed by atoms with Gasteiger partial charge in [-0.2, -0.15) is 0 Å². The van der Waals surface area contributed by atoms with E-state index >= 15 is 0 Å². The Balaban J connectivity index is 1.70. The first-order valence-electron chi connectivity index (χ1n) is 8.30. The Kier molecular flexibility index (Phi) is 5.90. The second kappa shape index (κ2) is 8.52. The van der Waals surface area contributed by atoms with E-state index in [1.807, 2.05) is 48.5 Å². The summed E-state index contributed by atoms with van der Waals surface area (Å²) in [7, 11) is 0. The van der Waals surface area contributed by atoms with E-state index in [4.69, 9.17) is 10.3 Å². The normalized spacial score (nSPS) is 11.7. The second-order valence-corrected chi connectivity index (χ2v) is 7.10. The lowest BCUT2D eigenvalue weighted by atomic mass is 10.1. The molecule has 8 heteroatoms. The Morgan fingerprint density at radius 2 is 1.85 bits per heavy atom. The Morgan fingerprint density at radius 1 is 1.07 bits per heavy atom. The van der Waals surface area contributed by atoms with Crippen LogP contribution in [0.15, 0.2) is 54.6 Å². The minimum absolute atomic E-state index is 0.292. The Bertz CT molecular complexity index is 943. The number of anilines is 1. The number of benzene rings is 2. The van der Waals surface area contributed by atoms with E-state index in [2.05, 4.69) is 10.6 Å². The molecule has 2 amide bonds. The zero-order valence-corrected chi connectivity index (χ0v) is 15.1. The van der Waals surface area contributed by atoms with Crippen LogP contribution in [0.2, 0.25) is 0 Å². The molecule has 7 nitrogen and oxygen atoms in total. The lowest BCUT2D eigenvalue weighted by Crippen LogP contribution is -2.40. The molecule has 2 aromatic carbocycles. The molecule has 0 aliphatic heterocycles. The van der Waals surface area contributed by atoms with E-state index in [-0.39, 0.29) is 6.04 Å². The summed E-state index contributed by atoms with van der Waals surface area (Å²) in [5.41, 5.74) is 3.50. The van der Waals surface area contributed by atoms with Gasteiger partial charge >= 0.3 is 6.09 Å². The van der Waals surface area contributed by atoms with Crippen LogP contribution in [0.5, 0.6) is 0 Å². The molecule has 1 atom stereocenters. The number of rotatable bonds is 7. The minimum atomic E-state index is -1.06. The van der Waals surface area contributed by atoms with Crippen molar-refractivity contribution in [1.29, 1.82) is 0 Å². The smallest absolute Gasteiger partial charge is 0.404 e. The number of thiophene rings is 1. The van der Waals surface area contributed by atoms with Crippen LogP contribution < -0.4 is 16.1 Å². The molecule has 0 radical (unpaired) electrons. The molecule has 3 aromatic rings. The van der Waals surface area contributed by atoms with Crippen LogP contribution in [-0.2, 0) is 6.42 Å². The summed E-state index contributed by atoms with van der Waals surface area (Å²) in [6.45, 7) is 0.419. The van der Waals surface area contributed by atoms with E-state index in [9.17, 15) is 9.59 Å². The monoisotopic (exact) mass is 385 g/mol. The second-order valence-electron chi connectivity index (χ2n) is 6.02. The lowest BCUT2D eigenvalue weighted by molar-refractivity contribution is 0.0711. The molecule has 3 rings (SSSR count). The van der Waals surface area contributed by atoms with Gasteiger partial charge < -0.3 is 15.7 Å². The highest BCUT2D eigenvalue weighted by Gasteiger charge is 2.13. The first-order chi connectivity index (χ1) is 13.0. The van der Waals surface area contributed by atoms with Gasteiger partial charge in [-0.1, -0.05) is 36.4 Å². The summed E-state index contributed by atoms with van der Waals surface area (Å²) >= 11 is 1.27. The first kappa shape index (κ1) is 18.7. The van der Waals surface area contributed by atoms with Crippen LogP contribution in [0.25, 0.3) is 10.1 Å². The van der Waals surface area contributed by atoms with Gasteiger partial charge in [0.05, 0.1) is 10.9 Å². The van der Waals surface area contributed by atoms with Gasteiger partial charge in [0.25, 0.3) is 5.91 Å². The standard InChI is InChI=1S/C19H19N3O4S/c23-18(22-26)17-9-13-6-7-14(10-16(13)27-17)20-11-15(21-19(24)25)8-12-4-2-1-3-5-12/h1-7,9-10,15,20-21,26H,8,11H2,(H,22,23)(H,24,25)/t15-/m0/s1. The maximum atomic E-state index is 11.5. The predicted octanol–water partition coefficient (Wildman–Crippen LogP) is 3.31. The van der Waals surface area contributed by atoms with E-state index in [1.165, 1.54) is 11.3 Å². The third-order valence-corrected chi connectivity index (χ3v) is 5.15. The van der Waals surface area contributed by atoms with Gasteiger partial charge in [-0.3, -0.25) is 10.0 Å². The first-order valence-corrected chi connectivity index (χ1v) is 9.12. The molecule has 27 heavy (non-hydrogen) atoms. The third-order valence-electron chi connectivity index (χ3n) is 4.05. The summed E-state index contributed by atoms with van der Waals surface area (Å²) in [6.07, 6.45) is -0.492. The molecule has 0 bridgehead atoms. The Labute approximate surface area is 159 Å². The van der Waals surface area contributed by atoms with Crippen molar-refractivity contribution in [3.63, 3.8) is 0 Å². The molecule has 1 aromatic heterocycles. The topological polar surface area (TPSA) is 111 Å². The van der Waals surface area contributed by atoms with Crippen molar-refractivity contribution >= 4 is 39.1 Å². The fraction of sp³-hybridized carbons (Fsp3) is 0.158. The van der Waals surface area contributed by atoms with E-state index in [0.29, 0.717) is 17.8 Å². The number of carbonyl (C=O) groups excluding carboxylic acids is 1. The average molecular weight is 385 g/mol. The number of amides is 2. The van der Waals surface area contributed by atoms with Crippen molar-refractivity contribution in [1.82, 2.24) is 10.8 Å². The molecular weight excluding hydrogens is 366 g/mol. The van der Waals surface area contributed by atoms with Crippen LogP contribution in [-0.4, -0.2) is 34.9 Å². The number of hydrogen-bond donors (Lipinski definition) is 5. The van der Waals surface area contributed by atoms with Crippen molar-refractivity contribution in [2.75, 3.05) is 11.9 Å². The lowest BCUT2D eigenvalue weighted by Gasteiger charge is -2.18. The van der Waals surface area contributed by atoms with Gasteiger partial charge in [0.2, 0.25) is 0 Å². The van der Waals surface area contributed by atoms with E-state index in [1.54, 1.807) is 11.5 Å². The third kappa shape index (κ3) is 4.96. The molecule has 0 fully saturated rings. The molecule has 0 saturated carbocycles. The maximum absolute atomic E-state index is 11.5. The number of carboxylic acid groups (broad SMARTS) is 1. The summed E-state index contributed by atoms with van der Waals surface area (Å²) in [5, 5.41) is 24.5. The maximum Gasteiger partial charge on any atom is 0.404 e. The number of carbonyl (C=O) groups is 2. The van der Waals surface area contributed by atoms with E-state index < -0.39 is 12.0 Å². The van der Waals surface area contributed by atoms with Crippen LogP contribution in [0.1, 0.15) is 15.2 Å². The van der Waals surface area contributed by atoms with Crippen LogP contribution in [0, 0.1) is 0 Å². The summed E-state index contributed by atoms with van der Waals surface area (Å²) in [6, 6.07) is 16.7. The van der Waals surface area contributed by atoms with Gasteiger partial charge in [-0.05, 0) is 35.6 Å². The molecule has 5 N–H and O–H groups in total. The summed E-state index contributed by atoms with van der Waals surface area (Å²) in [5.74, 6) is -0.542. The molecule has 0 aliphatic carbocycles. The van der Waals surface area contributed by atoms with Crippen molar-refractivity contribution in [3.8, 4) is 0 Å². The molecule has 0 spiro atoms. The largest absolute Gasteiger partial charge is 0.465 e. The highest BCUT2D eigenvalue weighted by Crippen LogP contribution is 2.28. The molecule has 1 heterocycles. The number of nitrogens with one attached hydrogen (secondary N) is 3. The summed E-state index contributed by atoms with van der Waals surface area (Å²) in [4.78, 5) is 23.0. The molecule has 0 unspecified atom stereocenters. The van der Waals surface area contributed by atoms with Crippen molar-refractivity contribution in [3.05, 3.63) is 65.0 Å². The van der Waals surface area contributed by atoms with Gasteiger partial charge in [0, 0.05) is 16.9 Å². The number of fused-ring (bicyclic) bond motifs is 1. The average Bonchev–Trinajstić information content (AvgIpc) is 3.09. The fourth-order valence-electron chi connectivity index (χ4n) is 2.80. The van der Waals surface area contributed by atoms with Crippen molar-refractivity contribution in [2.45, 2.75) is 12.5 Å². The van der Waals surface area contributed by atoms with Gasteiger partial charge in [0.15, 0.2) is 0 Å². The predicted molar refractivity (Wildman–Crippen MR) is 105 cm³/mol. The number of hydrogen-bond acceptors (Lipinski definition) is 5. The van der Waals surface area contributed by atoms with E-state index in [0.717, 1.165) is 21.3 Å². The zero-order valence-electron chi connectivity index (χ0n) is 14.3. The Morgan fingerprint density at radius 3 is 2.56 bits per heavy atom. The van der Waals surface area contributed by atoms with Gasteiger partial charge in [-0.15, -0.1) is 11.3 Å². The molecule has 0 aliphatic rings. The van der Waals surface area contributed by atoms with Crippen LogP contribution >= 0.6 is 11.3 Å². The molecule has 140 valence electrons. The van der Waals surface area contributed by atoms with Crippen LogP contribution in [0.4, 0.5) is 10.5 Å². The summed E-state index contributed by atoms with van der Waals surface area (Å²) < 4.78 is 0.893.